The number of piperidine rings is 1. The predicted octanol–water partition coefficient (Wildman–Crippen LogP) is 3.58. The second-order valence-electron chi connectivity index (χ2n) is 6.50. The van der Waals surface area contributed by atoms with Gasteiger partial charge in [0.2, 0.25) is 17.7 Å². The Balaban J connectivity index is 1.27. The molecule has 10 heteroatoms. The molecule has 1 amide bonds. The van der Waals surface area contributed by atoms with Crippen LogP contribution in [-0.2, 0) is 4.79 Å². The zero-order valence-electron chi connectivity index (χ0n) is 15.2. The third-order valence-corrected chi connectivity index (χ3v) is 5.61. The van der Waals surface area contributed by atoms with E-state index in [4.69, 9.17) is 20.5 Å². The van der Waals surface area contributed by atoms with E-state index in [1.807, 2.05) is 17.0 Å². The first-order chi connectivity index (χ1) is 13.6. The van der Waals surface area contributed by atoms with E-state index in [1.54, 1.807) is 19.1 Å². The molecule has 1 aliphatic heterocycles. The summed E-state index contributed by atoms with van der Waals surface area (Å²) in [7, 11) is 0. The molecule has 146 valence electrons. The number of carbonyl (C=O) groups excluding carboxylic acids is 1. The van der Waals surface area contributed by atoms with Crippen LogP contribution in [0.5, 0.6) is 0 Å². The van der Waals surface area contributed by atoms with Crippen LogP contribution in [0, 0.1) is 6.92 Å². The topological polar surface area (TPSA) is 98.2 Å². The molecule has 0 bridgehead atoms. The van der Waals surface area contributed by atoms with Gasteiger partial charge in [-0.25, -0.2) is 0 Å². The summed E-state index contributed by atoms with van der Waals surface area (Å²) in [6.07, 6.45) is 1.64. The Morgan fingerprint density at radius 2 is 2.00 bits per heavy atom. The second kappa shape index (κ2) is 8.32. The molecule has 1 aromatic carbocycles. The highest BCUT2D eigenvalue weighted by atomic mass is 35.5. The first-order valence-corrected chi connectivity index (χ1v) is 10.2. The molecule has 0 atom stereocenters. The van der Waals surface area contributed by atoms with Crippen LogP contribution in [0.3, 0.4) is 0 Å². The summed E-state index contributed by atoms with van der Waals surface area (Å²) in [5, 5.41) is 12.9. The van der Waals surface area contributed by atoms with Gasteiger partial charge in [-0.15, -0.1) is 10.2 Å². The standard InChI is InChI=1S/C18H18ClN5O3S/c1-11-20-16(27-23-11)13-6-8-24(9-7-13)15(25)10-28-18-22-21-17(26-18)12-2-4-14(19)5-3-12/h2-5,13H,6-10H2,1H3. The summed E-state index contributed by atoms with van der Waals surface area (Å²) in [5.41, 5.74) is 0.786. The summed E-state index contributed by atoms with van der Waals surface area (Å²) in [6.45, 7) is 3.15. The van der Waals surface area contributed by atoms with Gasteiger partial charge in [0.1, 0.15) is 0 Å². The Bertz CT molecular complexity index is 950. The van der Waals surface area contributed by atoms with Crippen LogP contribution >= 0.6 is 23.4 Å². The zero-order valence-corrected chi connectivity index (χ0v) is 16.7. The lowest BCUT2D eigenvalue weighted by molar-refractivity contribution is -0.129. The van der Waals surface area contributed by atoms with E-state index in [1.165, 1.54) is 11.8 Å². The van der Waals surface area contributed by atoms with Gasteiger partial charge < -0.3 is 13.8 Å². The number of hydrogen-bond donors (Lipinski definition) is 0. The zero-order chi connectivity index (χ0) is 19.5. The number of aromatic nitrogens is 4. The molecule has 3 aromatic rings. The normalized spacial score (nSPS) is 15.1. The Morgan fingerprint density at radius 1 is 1.25 bits per heavy atom. The highest BCUT2D eigenvalue weighted by Gasteiger charge is 2.27. The number of thioether (sulfide) groups is 1. The predicted molar refractivity (Wildman–Crippen MR) is 103 cm³/mol. The van der Waals surface area contributed by atoms with Gasteiger partial charge in [0, 0.05) is 29.6 Å². The van der Waals surface area contributed by atoms with Gasteiger partial charge in [-0.2, -0.15) is 4.98 Å². The third-order valence-electron chi connectivity index (χ3n) is 4.56. The van der Waals surface area contributed by atoms with Gasteiger partial charge in [0.25, 0.3) is 5.22 Å². The first-order valence-electron chi connectivity index (χ1n) is 8.89. The monoisotopic (exact) mass is 419 g/mol. The number of carbonyl (C=O) groups is 1. The smallest absolute Gasteiger partial charge is 0.277 e. The Hall–Kier alpha value is -2.39. The largest absolute Gasteiger partial charge is 0.411 e. The van der Waals surface area contributed by atoms with Crippen molar-refractivity contribution in [2.45, 2.75) is 30.9 Å². The van der Waals surface area contributed by atoms with Crippen molar-refractivity contribution in [2.75, 3.05) is 18.8 Å². The molecule has 0 radical (unpaired) electrons. The number of nitrogens with zero attached hydrogens (tertiary/aromatic N) is 5. The third kappa shape index (κ3) is 4.36. The number of hydrogen-bond acceptors (Lipinski definition) is 8. The molecule has 4 rings (SSSR count). The van der Waals surface area contributed by atoms with E-state index in [2.05, 4.69) is 20.3 Å². The van der Waals surface area contributed by atoms with Gasteiger partial charge in [-0.1, -0.05) is 28.5 Å². The second-order valence-corrected chi connectivity index (χ2v) is 7.87. The van der Waals surface area contributed by atoms with Crippen LogP contribution in [0.2, 0.25) is 5.02 Å². The van der Waals surface area contributed by atoms with Crippen molar-refractivity contribution in [3.05, 3.63) is 41.0 Å². The molecule has 0 saturated carbocycles. The number of benzene rings is 1. The van der Waals surface area contributed by atoms with Gasteiger partial charge in [-0.3, -0.25) is 4.79 Å². The maximum Gasteiger partial charge on any atom is 0.277 e. The van der Waals surface area contributed by atoms with Gasteiger partial charge in [0.15, 0.2) is 5.82 Å². The average molecular weight is 420 g/mol. The van der Waals surface area contributed by atoms with Crippen LogP contribution < -0.4 is 0 Å². The summed E-state index contributed by atoms with van der Waals surface area (Å²) >= 11 is 7.13. The number of halogens is 1. The van der Waals surface area contributed by atoms with Crippen LogP contribution in [-0.4, -0.2) is 50.0 Å². The van der Waals surface area contributed by atoms with Gasteiger partial charge in [-0.05, 0) is 44.0 Å². The minimum atomic E-state index is 0.0522. The summed E-state index contributed by atoms with van der Waals surface area (Å²) in [6, 6.07) is 7.14. The van der Waals surface area contributed by atoms with E-state index in [0.717, 1.165) is 18.4 Å². The molecule has 3 heterocycles. The average Bonchev–Trinajstić information content (AvgIpc) is 3.36. The first kappa shape index (κ1) is 18.9. The summed E-state index contributed by atoms with van der Waals surface area (Å²) in [4.78, 5) is 18.6. The molecule has 1 aliphatic rings. The molecule has 0 N–H and O–H groups in total. The van der Waals surface area contributed by atoms with Gasteiger partial charge >= 0.3 is 0 Å². The minimum Gasteiger partial charge on any atom is -0.411 e. The van der Waals surface area contributed by atoms with Crippen LogP contribution in [0.1, 0.15) is 30.5 Å². The van der Waals surface area contributed by atoms with Crippen molar-refractivity contribution < 1.29 is 13.7 Å². The van der Waals surface area contributed by atoms with Crippen LogP contribution in [0.4, 0.5) is 0 Å². The van der Waals surface area contributed by atoms with Gasteiger partial charge in [0.05, 0.1) is 5.75 Å². The minimum absolute atomic E-state index is 0.0522. The highest BCUT2D eigenvalue weighted by Crippen LogP contribution is 2.28. The Morgan fingerprint density at radius 3 is 2.68 bits per heavy atom. The quantitative estimate of drug-likeness (QED) is 0.578. The van der Waals surface area contributed by atoms with E-state index < -0.39 is 0 Å². The van der Waals surface area contributed by atoms with Crippen molar-refractivity contribution in [3.8, 4) is 11.5 Å². The Kier molecular flexibility index (Phi) is 5.63. The summed E-state index contributed by atoms with van der Waals surface area (Å²) in [5.74, 6) is 2.24. The fourth-order valence-electron chi connectivity index (χ4n) is 3.05. The number of amides is 1. The molecule has 8 nitrogen and oxygen atoms in total. The Labute approximate surface area is 170 Å². The lowest BCUT2D eigenvalue weighted by Crippen LogP contribution is -2.39. The van der Waals surface area contributed by atoms with Crippen molar-refractivity contribution in [2.24, 2.45) is 0 Å². The maximum absolute atomic E-state index is 12.5. The van der Waals surface area contributed by atoms with Crippen molar-refractivity contribution >= 4 is 29.3 Å². The van der Waals surface area contributed by atoms with Crippen LogP contribution in [0.15, 0.2) is 38.4 Å². The summed E-state index contributed by atoms with van der Waals surface area (Å²) < 4.78 is 10.9. The lowest BCUT2D eigenvalue weighted by atomic mass is 9.97. The SMILES string of the molecule is Cc1noc(C2CCN(C(=O)CSc3nnc(-c4ccc(Cl)cc4)o3)CC2)n1. The molecule has 0 spiro atoms. The molecule has 0 unspecified atom stereocenters. The van der Waals surface area contributed by atoms with Crippen LogP contribution in [0.25, 0.3) is 11.5 Å². The van der Waals surface area contributed by atoms with E-state index in [9.17, 15) is 4.79 Å². The maximum atomic E-state index is 12.5. The molecule has 1 saturated heterocycles. The number of likely N-dealkylation sites (tertiary alicyclic amines) is 1. The molecular weight excluding hydrogens is 402 g/mol. The van der Waals surface area contributed by atoms with E-state index in [-0.39, 0.29) is 17.6 Å². The fourth-order valence-corrected chi connectivity index (χ4v) is 3.84. The fraction of sp³-hybridized carbons (Fsp3) is 0.389. The van der Waals surface area contributed by atoms with Crippen molar-refractivity contribution in [1.82, 2.24) is 25.2 Å². The molecule has 2 aromatic heterocycles. The number of aryl methyl sites for hydroxylation is 1. The number of rotatable bonds is 5. The van der Waals surface area contributed by atoms with E-state index >= 15 is 0 Å². The molecule has 28 heavy (non-hydrogen) atoms. The highest BCUT2D eigenvalue weighted by molar-refractivity contribution is 7.99. The van der Waals surface area contributed by atoms with E-state index in [0.29, 0.717) is 40.9 Å². The van der Waals surface area contributed by atoms with Crippen molar-refractivity contribution in [1.29, 1.82) is 0 Å². The molecular formula is C18H18ClN5O3S. The lowest BCUT2D eigenvalue weighted by Gasteiger charge is -2.30. The molecule has 1 fully saturated rings. The van der Waals surface area contributed by atoms with Crippen molar-refractivity contribution in [3.63, 3.8) is 0 Å². The molecule has 0 aliphatic carbocycles.